The molecule has 0 saturated carbocycles. The van der Waals surface area contributed by atoms with Gasteiger partial charge in [-0.1, -0.05) is 6.07 Å². The number of hydrogen-bond donors (Lipinski definition) is 0. The molecule has 40 heavy (non-hydrogen) atoms. The normalized spacial score (nSPS) is 15.0. The second-order valence-electron chi connectivity index (χ2n) is 7.65. The molecule has 0 fully saturated rings. The standard InChI is InChI=1S/C18H14F16O5S/c1-9-3-4-10(7-11(9)19)40(35,36)38-6-2-5-37-8-12(20,21)13(22,23)17(31,32)39-18(33,34)15(26,27)14(24,25)16(28,29)30/h3-4,7H,2,5-6,8H2,1H3. The number of benzene rings is 1. The maximum Gasteiger partial charge on any atom is 0.460 e. The molecule has 0 heterocycles. The zero-order valence-corrected chi connectivity index (χ0v) is 19.9. The topological polar surface area (TPSA) is 61.8 Å². The average molecular weight is 646 g/mol. The predicted molar refractivity (Wildman–Crippen MR) is 96.5 cm³/mol. The summed E-state index contributed by atoms with van der Waals surface area (Å²) in [5.41, 5.74) is 0.0396. The van der Waals surface area contributed by atoms with E-state index in [0.717, 1.165) is 12.1 Å². The Labute approximate surface area is 213 Å². The third-order valence-electron chi connectivity index (χ3n) is 4.58. The molecule has 0 N–H and O–H groups in total. The van der Waals surface area contributed by atoms with E-state index < -0.39 is 89.2 Å². The van der Waals surface area contributed by atoms with Crippen LogP contribution in [0.4, 0.5) is 70.2 Å². The van der Waals surface area contributed by atoms with Crippen LogP contribution in [0.2, 0.25) is 0 Å². The summed E-state index contributed by atoms with van der Waals surface area (Å²) in [7, 11) is -4.64. The highest BCUT2D eigenvalue weighted by molar-refractivity contribution is 7.86. The lowest BCUT2D eigenvalue weighted by Crippen LogP contribution is -2.66. The zero-order chi connectivity index (χ0) is 31.8. The molecule has 234 valence electrons. The molecule has 0 saturated heterocycles. The predicted octanol–water partition coefficient (Wildman–Crippen LogP) is 6.55. The van der Waals surface area contributed by atoms with Gasteiger partial charge in [0.15, 0.2) is 0 Å². The Morgan fingerprint density at radius 1 is 0.725 bits per heavy atom. The van der Waals surface area contributed by atoms with E-state index in [1.54, 1.807) is 0 Å². The summed E-state index contributed by atoms with van der Waals surface area (Å²) in [6, 6.07) is 2.48. The van der Waals surface area contributed by atoms with E-state index in [0.29, 0.717) is 6.07 Å². The van der Waals surface area contributed by atoms with Crippen molar-refractivity contribution in [2.75, 3.05) is 19.8 Å². The lowest BCUT2D eigenvalue weighted by molar-refractivity contribution is -0.513. The van der Waals surface area contributed by atoms with Gasteiger partial charge in [-0.05, 0) is 31.0 Å². The first kappa shape index (κ1) is 36.0. The Kier molecular flexibility index (Phi) is 10.2. The van der Waals surface area contributed by atoms with Crippen LogP contribution in [0.3, 0.4) is 0 Å². The second kappa shape index (κ2) is 11.3. The molecule has 0 unspecified atom stereocenters. The fourth-order valence-corrected chi connectivity index (χ4v) is 3.24. The van der Waals surface area contributed by atoms with Crippen LogP contribution in [0.1, 0.15) is 12.0 Å². The van der Waals surface area contributed by atoms with Gasteiger partial charge >= 0.3 is 42.1 Å². The molecule has 0 atom stereocenters. The summed E-state index contributed by atoms with van der Waals surface area (Å²) in [5.74, 6) is -30.4. The van der Waals surface area contributed by atoms with Crippen molar-refractivity contribution in [2.45, 2.75) is 60.3 Å². The van der Waals surface area contributed by atoms with Crippen LogP contribution in [0.25, 0.3) is 0 Å². The number of hydrogen-bond acceptors (Lipinski definition) is 5. The van der Waals surface area contributed by atoms with E-state index in [2.05, 4.69) is 8.92 Å². The quantitative estimate of drug-likeness (QED) is 0.130. The first-order valence-electron chi connectivity index (χ1n) is 9.84. The molecule has 0 bridgehead atoms. The molecule has 0 aliphatic carbocycles. The Hall–Kier alpha value is -2.07. The van der Waals surface area contributed by atoms with Gasteiger partial charge in [0.05, 0.1) is 11.5 Å². The first-order valence-corrected chi connectivity index (χ1v) is 11.3. The third kappa shape index (κ3) is 7.04. The van der Waals surface area contributed by atoms with Gasteiger partial charge in [0, 0.05) is 6.61 Å². The van der Waals surface area contributed by atoms with Crippen LogP contribution in [0.5, 0.6) is 0 Å². The van der Waals surface area contributed by atoms with Crippen LogP contribution in [-0.2, 0) is 23.8 Å². The van der Waals surface area contributed by atoms with E-state index in [9.17, 15) is 78.7 Å². The molecule has 22 heteroatoms. The van der Waals surface area contributed by atoms with E-state index in [-0.39, 0.29) is 5.56 Å². The Balaban J connectivity index is 2.84. The number of alkyl halides is 15. The summed E-state index contributed by atoms with van der Waals surface area (Å²) in [6.07, 6.45) is -23.6. The van der Waals surface area contributed by atoms with Gasteiger partial charge in [0.1, 0.15) is 12.4 Å². The molecular weight excluding hydrogens is 632 g/mol. The van der Waals surface area contributed by atoms with Crippen LogP contribution in [0, 0.1) is 12.7 Å². The van der Waals surface area contributed by atoms with Crippen LogP contribution in [-0.4, -0.2) is 70.3 Å². The molecule has 0 aliphatic heterocycles. The Morgan fingerprint density at radius 2 is 1.23 bits per heavy atom. The van der Waals surface area contributed by atoms with Gasteiger partial charge in [-0.3, -0.25) is 4.18 Å². The molecule has 1 aromatic rings. The molecule has 1 aromatic carbocycles. The van der Waals surface area contributed by atoms with Crippen LogP contribution < -0.4 is 0 Å². The highest BCUT2D eigenvalue weighted by atomic mass is 32.2. The van der Waals surface area contributed by atoms with Crippen LogP contribution in [0.15, 0.2) is 23.1 Å². The van der Waals surface area contributed by atoms with Gasteiger partial charge < -0.3 is 4.74 Å². The molecule has 0 aromatic heterocycles. The highest BCUT2D eigenvalue weighted by Crippen LogP contribution is 2.56. The van der Waals surface area contributed by atoms with E-state index in [4.69, 9.17) is 0 Å². The monoisotopic (exact) mass is 646 g/mol. The lowest BCUT2D eigenvalue weighted by Gasteiger charge is -2.37. The molecule has 0 radical (unpaired) electrons. The van der Waals surface area contributed by atoms with Gasteiger partial charge in [-0.2, -0.15) is 74.3 Å². The van der Waals surface area contributed by atoms with Crippen molar-refractivity contribution in [1.29, 1.82) is 0 Å². The zero-order valence-electron chi connectivity index (χ0n) is 19.1. The minimum atomic E-state index is -7.99. The van der Waals surface area contributed by atoms with Crippen molar-refractivity contribution >= 4 is 10.1 Å². The fourth-order valence-electron chi connectivity index (χ4n) is 2.28. The molecular formula is C18H14F16O5S. The van der Waals surface area contributed by atoms with Gasteiger partial charge in [-0.25, -0.2) is 9.13 Å². The highest BCUT2D eigenvalue weighted by Gasteiger charge is 2.86. The van der Waals surface area contributed by atoms with Crippen molar-refractivity contribution in [3.05, 3.63) is 29.6 Å². The maximum absolute atomic E-state index is 13.6. The number of rotatable bonds is 14. The van der Waals surface area contributed by atoms with E-state index in [1.165, 1.54) is 11.7 Å². The smallest absolute Gasteiger partial charge is 0.375 e. The lowest BCUT2D eigenvalue weighted by atomic mass is 10.1. The average Bonchev–Trinajstić information content (AvgIpc) is 2.75. The van der Waals surface area contributed by atoms with Crippen molar-refractivity contribution in [3.63, 3.8) is 0 Å². The SMILES string of the molecule is Cc1ccc(S(=O)(=O)OCCCOCC(F)(F)C(F)(F)C(F)(F)OC(F)(F)C(F)(F)C(F)(F)C(F)(F)F)cc1F. The largest absolute Gasteiger partial charge is 0.460 e. The fraction of sp³-hybridized carbons (Fsp3) is 0.667. The minimum Gasteiger partial charge on any atom is -0.375 e. The Bertz CT molecular complexity index is 1130. The number of halogens is 16. The molecule has 1 rings (SSSR count). The summed E-state index contributed by atoms with van der Waals surface area (Å²) in [4.78, 5) is -0.708. The van der Waals surface area contributed by atoms with Gasteiger partial charge in [-0.15, -0.1) is 0 Å². The maximum atomic E-state index is 13.6. The number of aryl methyl sites for hydroxylation is 1. The van der Waals surface area contributed by atoms with Crippen molar-refractivity contribution in [2.24, 2.45) is 0 Å². The number of ether oxygens (including phenoxy) is 2. The second-order valence-corrected chi connectivity index (χ2v) is 9.27. The van der Waals surface area contributed by atoms with E-state index in [1.807, 2.05) is 0 Å². The van der Waals surface area contributed by atoms with Crippen molar-refractivity contribution in [3.8, 4) is 0 Å². The molecule has 0 spiro atoms. The van der Waals surface area contributed by atoms with Crippen LogP contribution >= 0.6 is 0 Å². The first-order chi connectivity index (χ1) is 17.6. The summed E-state index contributed by atoms with van der Waals surface area (Å²) in [5, 5.41) is 0. The summed E-state index contributed by atoms with van der Waals surface area (Å²) >= 11 is 0. The minimum absolute atomic E-state index is 0.0396. The summed E-state index contributed by atoms with van der Waals surface area (Å²) < 4.78 is 242. The summed E-state index contributed by atoms with van der Waals surface area (Å²) in [6.45, 7) is -3.75. The molecule has 0 aliphatic rings. The van der Waals surface area contributed by atoms with E-state index >= 15 is 0 Å². The molecule has 0 amide bonds. The molecule has 5 nitrogen and oxygen atoms in total. The Morgan fingerprint density at radius 3 is 1.70 bits per heavy atom. The van der Waals surface area contributed by atoms with Gasteiger partial charge in [0.2, 0.25) is 0 Å². The van der Waals surface area contributed by atoms with Gasteiger partial charge in [0.25, 0.3) is 10.1 Å². The van der Waals surface area contributed by atoms with Crippen molar-refractivity contribution < 1.29 is 92.3 Å². The van der Waals surface area contributed by atoms with Crippen molar-refractivity contribution in [1.82, 2.24) is 0 Å². The third-order valence-corrected chi connectivity index (χ3v) is 5.89.